The second-order valence-electron chi connectivity index (χ2n) is 14.0. The summed E-state index contributed by atoms with van der Waals surface area (Å²) < 4.78 is 26.8. The maximum absolute atomic E-state index is 12.3. The molecule has 5 fully saturated rings. The smallest absolute Gasteiger partial charge is 0.227 e. The lowest BCUT2D eigenvalue weighted by atomic mass is 9.44. The highest BCUT2D eigenvalue weighted by atomic mass is 35.5. The third-order valence-electron chi connectivity index (χ3n) is 12.2. The molecule has 2 saturated heterocycles. The van der Waals surface area contributed by atoms with E-state index in [0.717, 1.165) is 37.9 Å². The molecule has 2 aliphatic heterocycles. The predicted molar refractivity (Wildman–Crippen MR) is 159 cm³/mol. The van der Waals surface area contributed by atoms with Crippen LogP contribution in [0, 0.1) is 28.6 Å². The monoisotopic (exact) mass is 598 g/mol. The van der Waals surface area contributed by atoms with E-state index in [1.807, 2.05) is 0 Å². The lowest BCUT2D eigenvalue weighted by Crippen LogP contribution is -2.71. The molecular weight excluding hydrogens is 559 g/mol. The molecule has 3 heterocycles. The Bertz CT molecular complexity index is 1420. The molecule has 9 heteroatoms. The lowest BCUT2D eigenvalue weighted by Gasteiger charge is -2.65. The Hall–Kier alpha value is -1.31. The predicted octanol–water partition coefficient (Wildman–Crippen LogP) is 4.64. The number of alkyl halides is 1. The lowest BCUT2D eigenvalue weighted by molar-refractivity contribution is -0.264. The zero-order valence-corrected chi connectivity index (χ0v) is 26.0. The first-order valence-electron chi connectivity index (χ1n) is 15.0. The summed E-state index contributed by atoms with van der Waals surface area (Å²) >= 11 is 7.93. The molecule has 10 atom stereocenters. The van der Waals surface area contributed by atoms with Gasteiger partial charge in [-0.3, -0.25) is 4.68 Å². The van der Waals surface area contributed by atoms with Gasteiger partial charge in [-0.1, -0.05) is 50.6 Å². The van der Waals surface area contributed by atoms with Gasteiger partial charge >= 0.3 is 0 Å². The Balaban J connectivity index is 1.15. The Labute approximate surface area is 249 Å². The van der Waals surface area contributed by atoms with Crippen molar-refractivity contribution >= 4 is 32.2 Å². The van der Waals surface area contributed by atoms with Crippen molar-refractivity contribution in [2.75, 3.05) is 20.2 Å². The fourth-order valence-corrected chi connectivity index (χ4v) is 11.2. The number of halogens is 1. The number of benzene rings is 1. The highest BCUT2D eigenvalue weighted by Gasteiger charge is 2.81. The van der Waals surface area contributed by atoms with Crippen molar-refractivity contribution < 1.29 is 24.1 Å². The first-order chi connectivity index (χ1) is 19.6. The molecule has 0 bridgehead atoms. The average molecular weight is 599 g/mol. The van der Waals surface area contributed by atoms with E-state index in [2.05, 4.69) is 71.2 Å². The molecule has 1 N–H and O–H groups in total. The molecule has 1 aromatic carbocycles. The third kappa shape index (κ3) is 3.30. The van der Waals surface area contributed by atoms with Gasteiger partial charge in [-0.05, 0) is 72.4 Å². The van der Waals surface area contributed by atoms with Gasteiger partial charge < -0.3 is 24.1 Å². The second-order valence-corrected chi connectivity index (χ2v) is 15.2. The highest BCUT2D eigenvalue weighted by Crippen LogP contribution is 2.75. The molecule has 0 amide bonds. The Morgan fingerprint density at radius 2 is 1.90 bits per heavy atom. The minimum absolute atomic E-state index is 0.132. The van der Waals surface area contributed by atoms with Gasteiger partial charge in [-0.25, -0.2) is 0 Å². The number of hydrogen-bond acceptors (Lipinski definition) is 6. The SMILES string of the molecule is C[C@@H]1C[C@H]2[C@@H]3CCC4=Cc5nn(Cc6ccc(P)cc6)cc5C[C@]4(C)[C@@]3(Cl)[C@@H](O)C[C@]2(C)[C@]12OCOC21COCO1. The molecule has 8 rings (SSSR count). The molecule has 3 saturated carbocycles. The summed E-state index contributed by atoms with van der Waals surface area (Å²) in [6.45, 7) is 8.31. The Kier molecular flexibility index (Phi) is 5.90. The maximum atomic E-state index is 12.3. The summed E-state index contributed by atoms with van der Waals surface area (Å²) in [5, 5.41) is 18.4. The molecule has 2 aromatic rings. The summed E-state index contributed by atoms with van der Waals surface area (Å²) in [7, 11) is 2.74. The number of aromatic nitrogens is 2. The van der Waals surface area contributed by atoms with E-state index in [1.54, 1.807) is 0 Å². The average Bonchev–Trinajstić information content (AvgIpc) is 3.70. The number of nitrogens with zero attached hydrogens (tertiary/aromatic N) is 2. The number of allylic oxidation sites excluding steroid dienone is 1. The number of aliphatic hydroxyl groups is 1. The number of rotatable bonds is 2. The van der Waals surface area contributed by atoms with Crippen LogP contribution >= 0.6 is 20.8 Å². The molecule has 1 aromatic heterocycles. The summed E-state index contributed by atoms with van der Waals surface area (Å²) in [4.78, 5) is -0.791. The maximum Gasteiger partial charge on any atom is 0.227 e. The van der Waals surface area contributed by atoms with Crippen LogP contribution in [0.5, 0.6) is 0 Å². The fraction of sp³-hybridized carbons (Fsp3) is 0.656. The van der Waals surface area contributed by atoms with Crippen LogP contribution in [0.4, 0.5) is 0 Å². The molecule has 7 nitrogen and oxygen atoms in total. The van der Waals surface area contributed by atoms with Crippen molar-refractivity contribution in [2.45, 2.75) is 81.8 Å². The van der Waals surface area contributed by atoms with Gasteiger partial charge in [-0.15, -0.1) is 20.8 Å². The Morgan fingerprint density at radius 3 is 2.66 bits per heavy atom. The largest absolute Gasteiger partial charge is 0.391 e. The van der Waals surface area contributed by atoms with E-state index in [0.29, 0.717) is 13.0 Å². The van der Waals surface area contributed by atoms with Crippen molar-refractivity contribution in [2.24, 2.45) is 28.6 Å². The van der Waals surface area contributed by atoms with Crippen LogP contribution in [0.15, 0.2) is 36.0 Å². The number of aliphatic hydroxyl groups excluding tert-OH is 1. The van der Waals surface area contributed by atoms with Crippen molar-refractivity contribution in [1.82, 2.24) is 9.78 Å². The van der Waals surface area contributed by atoms with E-state index in [1.165, 1.54) is 22.0 Å². The quantitative estimate of drug-likeness (QED) is 0.401. The Morgan fingerprint density at radius 1 is 1.12 bits per heavy atom. The topological polar surface area (TPSA) is 75.0 Å². The van der Waals surface area contributed by atoms with E-state index >= 15 is 0 Å². The standard InChI is InChI=1S/C32H40ClN2O5P/c1-19-10-25-24-9-6-22-11-26-21(15-35(34-26)14-20-4-7-23(41)8-5-20)12-28(22,2)31(24,33)27(36)13-29(25,3)32(19)30(39-18-40-32)16-37-17-38-30/h4-5,7-8,11,15,19,24-25,27,36H,6,9-10,12-14,16-18,41H2,1-3H3/t19-,24+,25+,27+,28+,29+,30?,31+,32-/m1/s1. The van der Waals surface area contributed by atoms with Crippen LogP contribution in [0.25, 0.3) is 6.08 Å². The van der Waals surface area contributed by atoms with E-state index in [4.69, 9.17) is 35.6 Å². The van der Waals surface area contributed by atoms with Gasteiger partial charge in [0.2, 0.25) is 5.79 Å². The minimum atomic E-state index is -0.934. The summed E-state index contributed by atoms with van der Waals surface area (Å²) in [5.41, 5.74) is 3.36. The van der Waals surface area contributed by atoms with Crippen LogP contribution in [0.1, 0.15) is 63.3 Å². The second kappa shape index (κ2) is 8.88. The van der Waals surface area contributed by atoms with Crippen LogP contribution in [0.3, 0.4) is 0 Å². The van der Waals surface area contributed by atoms with Crippen LogP contribution in [-0.4, -0.2) is 57.4 Å². The van der Waals surface area contributed by atoms with Crippen molar-refractivity contribution in [3.63, 3.8) is 0 Å². The summed E-state index contributed by atoms with van der Waals surface area (Å²) in [5.74, 6) is -0.360. The van der Waals surface area contributed by atoms with Crippen LogP contribution in [0.2, 0.25) is 0 Å². The molecule has 2 spiro atoms. The molecule has 6 aliphatic rings. The molecule has 220 valence electrons. The van der Waals surface area contributed by atoms with Crippen molar-refractivity contribution in [3.05, 3.63) is 52.9 Å². The highest BCUT2D eigenvalue weighted by molar-refractivity contribution is 7.27. The van der Waals surface area contributed by atoms with Gasteiger partial charge in [0.1, 0.15) is 12.2 Å². The number of fused-ring (bicyclic) bond motifs is 8. The molecule has 2 unspecified atom stereocenters. The van der Waals surface area contributed by atoms with E-state index < -0.39 is 22.4 Å². The third-order valence-corrected chi connectivity index (χ3v) is 13.6. The molecule has 4 aliphatic carbocycles. The van der Waals surface area contributed by atoms with Crippen LogP contribution in [-0.2, 0) is 31.9 Å². The van der Waals surface area contributed by atoms with Gasteiger partial charge in [0.15, 0.2) is 13.6 Å². The molecular formula is C32H40ClN2O5P. The zero-order valence-electron chi connectivity index (χ0n) is 24.1. The van der Waals surface area contributed by atoms with Gasteiger partial charge in [0, 0.05) is 17.0 Å². The number of hydrogen-bond donors (Lipinski definition) is 1. The van der Waals surface area contributed by atoms with Gasteiger partial charge in [0.25, 0.3) is 0 Å². The van der Waals surface area contributed by atoms with E-state index in [-0.39, 0.29) is 42.2 Å². The first-order valence-corrected chi connectivity index (χ1v) is 16.0. The van der Waals surface area contributed by atoms with Crippen molar-refractivity contribution in [3.8, 4) is 0 Å². The van der Waals surface area contributed by atoms with E-state index in [9.17, 15) is 5.11 Å². The summed E-state index contributed by atoms with van der Waals surface area (Å²) in [6.07, 6.45) is 7.92. The van der Waals surface area contributed by atoms with Gasteiger partial charge in [0.05, 0.1) is 23.2 Å². The van der Waals surface area contributed by atoms with Crippen LogP contribution < -0.4 is 5.30 Å². The molecule has 0 radical (unpaired) electrons. The fourth-order valence-electron chi connectivity index (χ4n) is 10.5. The van der Waals surface area contributed by atoms with Crippen molar-refractivity contribution in [1.29, 1.82) is 0 Å². The minimum Gasteiger partial charge on any atom is -0.391 e. The van der Waals surface area contributed by atoms with Gasteiger partial charge in [-0.2, -0.15) is 5.10 Å². The molecule has 41 heavy (non-hydrogen) atoms. The zero-order chi connectivity index (χ0) is 28.4. The normalized spacial score (nSPS) is 46.3. The number of ether oxygens (including phenoxy) is 4. The summed E-state index contributed by atoms with van der Waals surface area (Å²) in [6, 6.07) is 8.53. The first kappa shape index (κ1) is 27.3.